The van der Waals surface area contributed by atoms with E-state index in [-0.39, 0.29) is 11.3 Å². The minimum absolute atomic E-state index is 0.248. The largest absolute Gasteiger partial charge is 0.506 e. The van der Waals surface area contributed by atoms with Crippen molar-refractivity contribution in [2.45, 2.75) is 0 Å². The third-order valence-corrected chi connectivity index (χ3v) is 4.05. The minimum atomic E-state index is -0.927. The van der Waals surface area contributed by atoms with Crippen LogP contribution in [0.25, 0.3) is 10.9 Å². The molecule has 0 bridgehead atoms. The number of pyridine rings is 1. The molecule has 1 aromatic heterocycles. The second-order valence-electron chi connectivity index (χ2n) is 5.63. The van der Waals surface area contributed by atoms with Gasteiger partial charge in [-0.1, -0.05) is 18.2 Å². The van der Waals surface area contributed by atoms with Crippen molar-refractivity contribution in [3.63, 3.8) is 0 Å². The first-order valence-corrected chi connectivity index (χ1v) is 7.74. The molecule has 2 N–H and O–H groups in total. The van der Waals surface area contributed by atoms with Crippen LogP contribution in [0.2, 0.25) is 0 Å². The number of ether oxygens (including phenoxy) is 1. The van der Waals surface area contributed by atoms with E-state index in [2.05, 4.69) is 10.1 Å². The predicted molar refractivity (Wildman–Crippen MR) is 96.6 cm³/mol. The maximum atomic E-state index is 12.3. The summed E-state index contributed by atoms with van der Waals surface area (Å²) in [4.78, 5) is 36.4. The fraction of sp³-hybridized carbons (Fsp3) is 0.105. The van der Waals surface area contributed by atoms with E-state index in [1.165, 1.54) is 17.7 Å². The minimum Gasteiger partial charge on any atom is -0.506 e. The van der Waals surface area contributed by atoms with Crippen molar-refractivity contribution in [1.29, 1.82) is 0 Å². The van der Waals surface area contributed by atoms with Crippen molar-refractivity contribution in [2.75, 3.05) is 12.4 Å². The average Bonchev–Trinajstić information content (AvgIpc) is 2.66. The van der Waals surface area contributed by atoms with Crippen molar-refractivity contribution < 1.29 is 19.4 Å². The van der Waals surface area contributed by atoms with E-state index in [1.807, 2.05) is 0 Å². The fourth-order valence-corrected chi connectivity index (χ4v) is 2.69. The summed E-state index contributed by atoms with van der Waals surface area (Å²) in [5, 5.41) is 13.4. The molecule has 0 aliphatic heterocycles. The number of aryl methyl sites for hydroxylation is 1. The zero-order valence-electron chi connectivity index (χ0n) is 14.1. The first-order valence-electron chi connectivity index (χ1n) is 7.74. The van der Waals surface area contributed by atoms with Crippen LogP contribution in [0, 0.1) is 0 Å². The van der Waals surface area contributed by atoms with Crippen LogP contribution in [0.15, 0.2) is 53.3 Å². The SMILES string of the molecule is COC(=O)c1c(O)c2cc(NC(=O)c3ccccc3)ccc2n(C)c1=O. The molecule has 0 unspecified atom stereocenters. The number of nitrogens with zero attached hydrogens (tertiary/aromatic N) is 1. The van der Waals surface area contributed by atoms with Gasteiger partial charge in [-0.05, 0) is 30.3 Å². The number of hydrogen-bond donors (Lipinski definition) is 2. The van der Waals surface area contributed by atoms with E-state index in [0.717, 1.165) is 7.11 Å². The molecule has 2 aromatic carbocycles. The molecule has 1 heterocycles. The molecular formula is C19H16N2O5. The van der Waals surface area contributed by atoms with Crippen molar-refractivity contribution in [3.05, 3.63) is 70.0 Å². The third-order valence-electron chi connectivity index (χ3n) is 4.05. The fourth-order valence-electron chi connectivity index (χ4n) is 2.69. The number of carbonyl (C=O) groups is 2. The second-order valence-corrected chi connectivity index (χ2v) is 5.63. The lowest BCUT2D eigenvalue weighted by atomic mass is 10.1. The second kappa shape index (κ2) is 6.72. The Kier molecular flexibility index (Phi) is 4.45. The highest BCUT2D eigenvalue weighted by Gasteiger charge is 2.22. The molecule has 0 spiro atoms. The van der Waals surface area contributed by atoms with Crippen LogP contribution in [0.5, 0.6) is 5.75 Å². The molecule has 132 valence electrons. The van der Waals surface area contributed by atoms with Crippen LogP contribution in [0.4, 0.5) is 5.69 Å². The summed E-state index contributed by atoms with van der Waals surface area (Å²) in [5.74, 6) is -1.73. The van der Waals surface area contributed by atoms with E-state index in [4.69, 9.17) is 0 Å². The van der Waals surface area contributed by atoms with E-state index < -0.39 is 22.8 Å². The zero-order valence-corrected chi connectivity index (χ0v) is 14.1. The summed E-state index contributed by atoms with van der Waals surface area (Å²) in [5.41, 5.74) is 0.193. The van der Waals surface area contributed by atoms with Gasteiger partial charge < -0.3 is 19.7 Å². The molecule has 7 nitrogen and oxygen atoms in total. The van der Waals surface area contributed by atoms with Gasteiger partial charge in [0.1, 0.15) is 5.75 Å². The third kappa shape index (κ3) is 2.90. The summed E-state index contributed by atoms with van der Waals surface area (Å²) in [6.07, 6.45) is 0. The Bertz CT molecular complexity index is 1070. The van der Waals surface area contributed by atoms with Crippen LogP contribution in [-0.4, -0.2) is 28.7 Å². The van der Waals surface area contributed by atoms with E-state index in [0.29, 0.717) is 16.8 Å². The Morgan fingerprint density at radius 3 is 2.46 bits per heavy atom. The summed E-state index contributed by atoms with van der Waals surface area (Å²) in [7, 11) is 2.61. The number of aromatic hydroxyl groups is 1. The Balaban J connectivity index is 2.09. The Hall–Kier alpha value is -3.61. The van der Waals surface area contributed by atoms with Gasteiger partial charge in [0, 0.05) is 23.7 Å². The number of amides is 1. The molecule has 26 heavy (non-hydrogen) atoms. The van der Waals surface area contributed by atoms with Gasteiger partial charge in [-0.2, -0.15) is 0 Å². The normalized spacial score (nSPS) is 10.5. The highest BCUT2D eigenvalue weighted by Crippen LogP contribution is 2.29. The maximum absolute atomic E-state index is 12.3. The molecule has 0 radical (unpaired) electrons. The van der Waals surface area contributed by atoms with Crippen molar-refractivity contribution >= 4 is 28.5 Å². The van der Waals surface area contributed by atoms with Crippen molar-refractivity contribution in [1.82, 2.24) is 4.57 Å². The van der Waals surface area contributed by atoms with Gasteiger partial charge in [0.25, 0.3) is 11.5 Å². The van der Waals surface area contributed by atoms with Crippen LogP contribution < -0.4 is 10.9 Å². The lowest BCUT2D eigenvalue weighted by molar-refractivity contribution is 0.0595. The number of methoxy groups -OCH3 is 1. The molecule has 1 amide bonds. The van der Waals surface area contributed by atoms with Gasteiger partial charge in [-0.3, -0.25) is 9.59 Å². The van der Waals surface area contributed by atoms with Gasteiger partial charge in [0.05, 0.1) is 12.6 Å². The average molecular weight is 352 g/mol. The smallest absolute Gasteiger partial charge is 0.347 e. The van der Waals surface area contributed by atoms with Gasteiger partial charge in [0.2, 0.25) is 0 Å². The monoisotopic (exact) mass is 352 g/mol. The summed E-state index contributed by atoms with van der Waals surface area (Å²) in [6, 6.07) is 13.3. The predicted octanol–water partition coefficient (Wildman–Crippen LogP) is 2.28. The van der Waals surface area contributed by atoms with E-state index in [1.54, 1.807) is 42.5 Å². The van der Waals surface area contributed by atoms with Gasteiger partial charge in [-0.25, -0.2) is 4.79 Å². The highest BCUT2D eigenvalue weighted by molar-refractivity contribution is 6.06. The van der Waals surface area contributed by atoms with Gasteiger partial charge in [-0.15, -0.1) is 0 Å². The van der Waals surface area contributed by atoms with Crippen molar-refractivity contribution in [2.24, 2.45) is 7.05 Å². The standard InChI is InChI=1S/C19H16N2O5/c1-21-14-9-8-12(20-17(23)11-6-4-3-5-7-11)10-13(14)16(22)15(18(21)24)19(25)26-2/h3-10,22H,1-2H3,(H,20,23). The lowest BCUT2D eigenvalue weighted by Crippen LogP contribution is -2.25. The molecule has 0 saturated carbocycles. The number of fused-ring (bicyclic) bond motifs is 1. The molecule has 0 fully saturated rings. The van der Waals surface area contributed by atoms with E-state index in [9.17, 15) is 19.5 Å². The number of hydrogen-bond acceptors (Lipinski definition) is 5. The summed E-state index contributed by atoms with van der Waals surface area (Å²) >= 11 is 0. The molecule has 7 heteroatoms. The molecule has 0 saturated heterocycles. The first kappa shape index (κ1) is 17.2. The molecule has 0 aliphatic carbocycles. The number of nitrogens with one attached hydrogen (secondary N) is 1. The number of rotatable bonds is 3. The summed E-state index contributed by atoms with van der Waals surface area (Å²) in [6.45, 7) is 0. The number of aromatic nitrogens is 1. The lowest BCUT2D eigenvalue weighted by Gasteiger charge is -2.12. The van der Waals surface area contributed by atoms with Crippen molar-refractivity contribution in [3.8, 4) is 5.75 Å². The number of esters is 1. The molecule has 0 aliphatic rings. The quantitative estimate of drug-likeness (QED) is 0.705. The molecule has 0 atom stereocenters. The van der Waals surface area contributed by atoms with Gasteiger partial charge >= 0.3 is 5.97 Å². The number of anilines is 1. The summed E-state index contributed by atoms with van der Waals surface area (Å²) < 4.78 is 5.81. The van der Waals surface area contributed by atoms with Gasteiger partial charge in [0.15, 0.2) is 5.56 Å². The molecule has 3 rings (SSSR count). The number of carbonyl (C=O) groups excluding carboxylic acids is 2. The van der Waals surface area contributed by atoms with Crippen LogP contribution in [-0.2, 0) is 11.8 Å². The topological polar surface area (TPSA) is 97.6 Å². The first-order chi connectivity index (χ1) is 12.4. The van der Waals surface area contributed by atoms with Crippen LogP contribution in [0.1, 0.15) is 20.7 Å². The Labute approximate surface area is 148 Å². The van der Waals surface area contributed by atoms with E-state index >= 15 is 0 Å². The van der Waals surface area contributed by atoms with Crippen LogP contribution in [0.3, 0.4) is 0 Å². The number of benzene rings is 2. The highest BCUT2D eigenvalue weighted by atomic mass is 16.5. The Morgan fingerprint density at radius 2 is 1.81 bits per heavy atom. The molecule has 3 aromatic rings. The molecular weight excluding hydrogens is 336 g/mol. The zero-order chi connectivity index (χ0) is 18.8. The Morgan fingerprint density at radius 1 is 1.12 bits per heavy atom. The van der Waals surface area contributed by atoms with Crippen LogP contribution >= 0.6 is 0 Å². The maximum Gasteiger partial charge on any atom is 0.347 e.